The number of aliphatic hydroxyl groups is 1. The fourth-order valence-electron chi connectivity index (χ4n) is 3.86. The first kappa shape index (κ1) is 18.4. The SMILES string of the molecule is CCO.FC(F)(F)C1CN(c2cnc(CC3CC4(CNC4)C3)cn2)C1. The molecule has 1 saturated carbocycles. The monoisotopic (exact) mass is 358 g/mol. The van der Waals surface area contributed by atoms with Gasteiger partial charge in [-0.2, -0.15) is 13.2 Å². The summed E-state index contributed by atoms with van der Waals surface area (Å²) in [6.45, 7) is 4.21. The molecule has 0 unspecified atom stereocenters. The van der Waals surface area contributed by atoms with Gasteiger partial charge in [-0.05, 0) is 37.5 Å². The minimum absolute atomic E-state index is 0.00429. The molecule has 3 heterocycles. The lowest BCUT2D eigenvalue weighted by Gasteiger charge is -2.54. The number of halogens is 3. The van der Waals surface area contributed by atoms with Crippen LogP contribution in [0.15, 0.2) is 12.4 Å². The quantitative estimate of drug-likeness (QED) is 0.866. The molecule has 0 bridgehead atoms. The molecular formula is C17H25F3N4O. The molecule has 5 nitrogen and oxygen atoms in total. The van der Waals surface area contributed by atoms with Crippen molar-refractivity contribution in [2.45, 2.75) is 32.4 Å². The lowest BCUT2D eigenvalue weighted by atomic mass is 9.57. The number of alkyl halides is 3. The van der Waals surface area contributed by atoms with E-state index in [1.807, 2.05) is 0 Å². The summed E-state index contributed by atoms with van der Waals surface area (Å²) in [6.07, 6.45) is 2.67. The number of nitrogens with zero attached hydrogens (tertiary/aromatic N) is 3. The molecule has 1 aromatic rings. The van der Waals surface area contributed by atoms with Crippen molar-refractivity contribution >= 4 is 5.82 Å². The third-order valence-electron chi connectivity index (χ3n) is 5.30. The normalized spacial score (nSPS) is 22.5. The van der Waals surface area contributed by atoms with E-state index in [4.69, 9.17) is 5.11 Å². The van der Waals surface area contributed by atoms with Crippen molar-refractivity contribution in [3.05, 3.63) is 18.1 Å². The van der Waals surface area contributed by atoms with Gasteiger partial charge in [0.25, 0.3) is 0 Å². The van der Waals surface area contributed by atoms with Gasteiger partial charge in [0.05, 0.1) is 24.0 Å². The first-order valence-electron chi connectivity index (χ1n) is 8.79. The molecule has 0 aromatic carbocycles. The third kappa shape index (κ3) is 4.06. The van der Waals surface area contributed by atoms with Crippen molar-refractivity contribution < 1.29 is 18.3 Å². The van der Waals surface area contributed by atoms with E-state index in [0.717, 1.165) is 25.2 Å². The molecule has 2 N–H and O–H groups in total. The Labute approximate surface area is 145 Å². The van der Waals surface area contributed by atoms with Crippen LogP contribution in [0.3, 0.4) is 0 Å². The number of hydrogen-bond donors (Lipinski definition) is 2. The molecule has 0 amide bonds. The number of aromatic nitrogens is 2. The third-order valence-corrected chi connectivity index (χ3v) is 5.30. The van der Waals surface area contributed by atoms with Crippen LogP contribution < -0.4 is 10.2 Å². The zero-order valence-electron chi connectivity index (χ0n) is 14.4. The van der Waals surface area contributed by atoms with Crippen LogP contribution in [0.1, 0.15) is 25.5 Å². The molecule has 1 spiro atoms. The highest BCUT2D eigenvalue weighted by atomic mass is 19.4. The Balaban J connectivity index is 0.000000569. The highest BCUT2D eigenvalue weighted by Gasteiger charge is 2.48. The average molecular weight is 358 g/mol. The highest BCUT2D eigenvalue weighted by Crippen LogP contribution is 2.49. The van der Waals surface area contributed by atoms with Crippen molar-refractivity contribution in [2.75, 3.05) is 37.7 Å². The predicted molar refractivity (Wildman–Crippen MR) is 88.3 cm³/mol. The van der Waals surface area contributed by atoms with Gasteiger partial charge in [-0.3, -0.25) is 4.98 Å². The van der Waals surface area contributed by atoms with Gasteiger partial charge in [0, 0.05) is 32.8 Å². The molecule has 140 valence electrons. The van der Waals surface area contributed by atoms with Gasteiger partial charge in [0.2, 0.25) is 0 Å². The maximum absolute atomic E-state index is 12.5. The molecule has 1 aliphatic carbocycles. The summed E-state index contributed by atoms with van der Waals surface area (Å²) in [4.78, 5) is 10.3. The zero-order chi connectivity index (χ0) is 18.1. The predicted octanol–water partition coefficient (Wildman–Crippen LogP) is 2.02. The molecule has 1 aromatic heterocycles. The highest BCUT2D eigenvalue weighted by molar-refractivity contribution is 5.39. The first-order chi connectivity index (χ1) is 11.8. The Bertz CT molecular complexity index is 560. The number of aliphatic hydroxyl groups excluding tert-OH is 1. The minimum Gasteiger partial charge on any atom is -0.397 e. The van der Waals surface area contributed by atoms with Crippen LogP contribution in [0.4, 0.5) is 19.0 Å². The van der Waals surface area contributed by atoms with Gasteiger partial charge >= 0.3 is 6.18 Å². The average Bonchev–Trinajstić information content (AvgIpc) is 2.39. The summed E-state index contributed by atoms with van der Waals surface area (Å²) in [7, 11) is 0. The first-order valence-corrected chi connectivity index (χ1v) is 8.79. The van der Waals surface area contributed by atoms with Crippen LogP contribution in [0.2, 0.25) is 0 Å². The van der Waals surface area contributed by atoms with Crippen molar-refractivity contribution in [1.29, 1.82) is 0 Å². The summed E-state index contributed by atoms with van der Waals surface area (Å²) in [6, 6.07) is 0. The smallest absolute Gasteiger partial charge is 0.395 e. The number of nitrogens with one attached hydrogen (secondary N) is 1. The van der Waals surface area contributed by atoms with E-state index in [9.17, 15) is 13.2 Å². The number of hydrogen-bond acceptors (Lipinski definition) is 5. The van der Waals surface area contributed by atoms with Gasteiger partial charge in [-0.15, -0.1) is 0 Å². The zero-order valence-corrected chi connectivity index (χ0v) is 14.4. The standard InChI is InChI=1S/C15H19F3N4.C2H6O/c16-15(17,18)11-6-22(7-11)13-5-20-12(4-21-13)1-10-2-14(3-10)8-19-9-14;1-2-3/h4-5,10-11,19H,1-3,6-9H2;3H,2H2,1H3. The lowest BCUT2D eigenvalue weighted by molar-refractivity contribution is -0.180. The van der Waals surface area contributed by atoms with E-state index in [1.54, 1.807) is 24.2 Å². The fourth-order valence-corrected chi connectivity index (χ4v) is 3.86. The number of anilines is 1. The largest absolute Gasteiger partial charge is 0.397 e. The molecule has 0 atom stereocenters. The molecule has 3 aliphatic rings. The van der Waals surface area contributed by atoms with E-state index in [0.29, 0.717) is 17.2 Å². The summed E-state index contributed by atoms with van der Waals surface area (Å²) in [5.41, 5.74) is 1.51. The van der Waals surface area contributed by atoms with Crippen LogP contribution in [-0.4, -0.2) is 54.0 Å². The van der Waals surface area contributed by atoms with E-state index in [2.05, 4.69) is 15.3 Å². The van der Waals surface area contributed by atoms with Crippen LogP contribution in [0.25, 0.3) is 0 Å². The van der Waals surface area contributed by atoms with Gasteiger partial charge < -0.3 is 15.3 Å². The van der Waals surface area contributed by atoms with Gasteiger partial charge in [-0.25, -0.2) is 4.98 Å². The Morgan fingerprint density at radius 2 is 1.88 bits per heavy atom. The molecular weight excluding hydrogens is 333 g/mol. The molecule has 25 heavy (non-hydrogen) atoms. The van der Waals surface area contributed by atoms with Crippen LogP contribution >= 0.6 is 0 Å². The number of rotatable bonds is 3. The second-order valence-corrected chi connectivity index (χ2v) is 7.41. The molecule has 3 fully saturated rings. The van der Waals surface area contributed by atoms with Crippen molar-refractivity contribution in [1.82, 2.24) is 15.3 Å². The van der Waals surface area contributed by atoms with Gasteiger partial charge in [0.1, 0.15) is 5.82 Å². The molecule has 2 saturated heterocycles. The van der Waals surface area contributed by atoms with Crippen molar-refractivity contribution in [3.8, 4) is 0 Å². The van der Waals surface area contributed by atoms with Gasteiger partial charge in [-0.1, -0.05) is 0 Å². The van der Waals surface area contributed by atoms with Gasteiger partial charge in [0.15, 0.2) is 0 Å². The van der Waals surface area contributed by atoms with Crippen molar-refractivity contribution in [2.24, 2.45) is 17.3 Å². The Morgan fingerprint density at radius 3 is 2.32 bits per heavy atom. The summed E-state index contributed by atoms with van der Waals surface area (Å²) >= 11 is 0. The van der Waals surface area contributed by atoms with E-state index < -0.39 is 12.1 Å². The van der Waals surface area contributed by atoms with Crippen LogP contribution in [-0.2, 0) is 6.42 Å². The van der Waals surface area contributed by atoms with Crippen LogP contribution in [0.5, 0.6) is 0 Å². The molecule has 2 aliphatic heterocycles. The summed E-state index contributed by atoms with van der Waals surface area (Å²) < 4.78 is 37.4. The molecule has 8 heteroatoms. The second kappa shape index (κ2) is 7.07. The second-order valence-electron chi connectivity index (χ2n) is 7.41. The maximum atomic E-state index is 12.5. The topological polar surface area (TPSA) is 61.3 Å². The summed E-state index contributed by atoms with van der Waals surface area (Å²) in [5, 5.41) is 10.9. The Hall–Kier alpha value is -1.41. The van der Waals surface area contributed by atoms with Crippen molar-refractivity contribution in [3.63, 3.8) is 0 Å². The molecule has 0 radical (unpaired) electrons. The molecule has 4 rings (SSSR count). The van der Waals surface area contributed by atoms with Crippen LogP contribution in [0, 0.1) is 17.3 Å². The maximum Gasteiger partial charge on any atom is 0.395 e. The minimum atomic E-state index is -4.10. The van der Waals surface area contributed by atoms with E-state index >= 15 is 0 Å². The summed E-state index contributed by atoms with van der Waals surface area (Å²) in [5.74, 6) is 0.00891. The Kier molecular flexibility index (Phi) is 5.20. The van der Waals surface area contributed by atoms with E-state index in [1.165, 1.54) is 12.8 Å². The van der Waals surface area contributed by atoms with E-state index in [-0.39, 0.29) is 19.7 Å². The fraction of sp³-hybridized carbons (Fsp3) is 0.765. The lowest BCUT2D eigenvalue weighted by Crippen LogP contribution is -2.60. The Morgan fingerprint density at radius 1 is 1.24 bits per heavy atom.